The predicted octanol–water partition coefficient (Wildman–Crippen LogP) is 2.48. The number of hydrogen-bond acceptors (Lipinski definition) is 3. The van der Waals surface area contributed by atoms with Crippen molar-refractivity contribution in [2.75, 3.05) is 20.1 Å². The van der Waals surface area contributed by atoms with Gasteiger partial charge >= 0.3 is 0 Å². The molecule has 1 fully saturated rings. The quantitative estimate of drug-likeness (QED) is 0.859. The maximum atomic E-state index is 5.60. The minimum absolute atomic E-state index is 0.525. The van der Waals surface area contributed by atoms with Crippen LogP contribution in [0.2, 0.25) is 0 Å². The number of likely N-dealkylation sites (N-methyl/N-ethyl adjacent to an activating group) is 1. The van der Waals surface area contributed by atoms with Gasteiger partial charge in [0, 0.05) is 25.8 Å². The van der Waals surface area contributed by atoms with Gasteiger partial charge in [-0.15, -0.1) is 0 Å². The van der Waals surface area contributed by atoms with E-state index in [-0.39, 0.29) is 0 Å². The molecule has 108 valence electrons. The predicted molar refractivity (Wildman–Crippen MR) is 79.0 cm³/mol. The average molecular weight is 264 g/mol. The lowest BCUT2D eigenvalue weighted by Gasteiger charge is -2.34. The van der Waals surface area contributed by atoms with Gasteiger partial charge < -0.3 is 5.73 Å². The lowest BCUT2D eigenvalue weighted by molar-refractivity contribution is 0.223. The Labute approximate surface area is 116 Å². The van der Waals surface area contributed by atoms with Gasteiger partial charge in [-0.2, -0.15) is 5.10 Å². The fourth-order valence-electron chi connectivity index (χ4n) is 3.07. The van der Waals surface area contributed by atoms with Gasteiger partial charge in [-0.3, -0.25) is 10.00 Å². The Morgan fingerprint density at radius 3 is 2.74 bits per heavy atom. The lowest BCUT2D eigenvalue weighted by Crippen LogP contribution is -2.26. The van der Waals surface area contributed by atoms with Gasteiger partial charge in [0.2, 0.25) is 0 Å². The molecule has 0 spiro atoms. The van der Waals surface area contributed by atoms with Crippen LogP contribution in [0.25, 0.3) is 0 Å². The molecule has 1 aromatic heterocycles. The highest BCUT2D eigenvalue weighted by atomic mass is 15.2. The zero-order valence-corrected chi connectivity index (χ0v) is 12.6. The number of nitrogens with one attached hydrogen (secondary N) is 1. The largest absolute Gasteiger partial charge is 0.329 e. The third kappa shape index (κ3) is 3.80. The van der Waals surface area contributed by atoms with Crippen molar-refractivity contribution in [1.29, 1.82) is 0 Å². The van der Waals surface area contributed by atoms with E-state index in [0.29, 0.717) is 17.9 Å². The third-order valence-electron chi connectivity index (χ3n) is 4.46. The van der Waals surface area contributed by atoms with Crippen LogP contribution >= 0.6 is 0 Å². The smallest absolute Gasteiger partial charge is 0.0796 e. The highest BCUT2D eigenvalue weighted by molar-refractivity contribution is 5.22. The summed E-state index contributed by atoms with van der Waals surface area (Å²) >= 11 is 0. The summed E-state index contributed by atoms with van der Waals surface area (Å²) in [5, 5.41) is 7.50. The van der Waals surface area contributed by atoms with Crippen LogP contribution in [-0.2, 0) is 6.54 Å². The van der Waals surface area contributed by atoms with E-state index in [9.17, 15) is 0 Å². The molecule has 1 aliphatic carbocycles. The molecule has 2 rings (SSSR count). The first-order valence-electron chi connectivity index (χ1n) is 7.43. The maximum Gasteiger partial charge on any atom is 0.0796 e. The summed E-state index contributed by atoms with van der Waals surface area (Å²) in [6, 6.07) is 0. The topological polar surface area (TPSA) is 57.9 Å². The second kappa shape index (κ2) is 6.06. The molecule has 1 heterocycles. The summed E-state index contributed by atoms with van der Waals surface area (Å²) in [6.07, 6.45) is 7.33. The van der Waals surface area contributed by atoms with E-state index < -0.39 is 0 Å². The van der Waals surface area contributed by atoms with E-state index in [2.05, 4.69) is 42.2 Å². The normalized spacial score (nSPS) is 20.1. The molecule has 0 radical (unpaired) electrons. The summed E-state index contributed by atoms with van der Waals surface area (Å²) in [7, 11) is 2.11. The van der Waals surface area contributed by atoms with Crippen molar-refractivity contribution in [2.45, 2.75) is 52.0 Å². The van der Waals surface area contributed by atoms with E-state index in [4.69, 9.17) is 5.73 Å². The van der Waals surface area contributed by atoms with Crippen LogP contribution in [0.15, 0.2) is 6.20 Å². The second-order valence-electron chi connectivity index (χ2n) is 6.75. The van der Waals surface area contributed by atoms with Crippen molar-refractivity contribution in [3.63, 3.8) is 0 Å². The van der Waals surface area contributed by atoms with Gasteiger partial charge in [0.1, 0.15) is 0 Å². The number of aromatic nitrogens is 2. The number of nitrogens with two attached hydrogens (primary N) is 1. The SMILES string of the molecule is CN(CCN)Cc1n[nH]cc1C1CCC(C)(C)CC1. The fourth-order valence-corrected chi connectivity index (χ4v) is 3.07. The van der Waals surface area contributed by atoms with Gasteiger partial charge in [0.05, 0.1) is 5.69 Å². The van der Waals surface area contributed by atoms with E-state index in [1.807, 2.05) is 0 Å². The molecule has 3 N–H and O–H groups in total. The highest BCUT2D eigenvalue weighted by Crippen LogP contribution is 2.42. The molecule has 0 bridgehead atoms. The number of aromatic amines is 1. The zero-order valence-electron chi connectivity index (χ0n) is 12.6. The van der Waals surface area contributed by atoms with Crippen molar-refractivity contribution < 1.29 is 0 Å². The molecule has 0 amide bonds. The molecule has 0 unspecified atom stereocenters. The fraction of sp³-hybridized carbons (Fsp3) is 0.800. The molecule has 1 aliphatic rings. The molecule has 4 nitrogen and oxygen atoms in total. The molecule has 1 aromatic rings. The van der Waals surface area contributed by atoms with Gasteiger partial charge in [0.25, 0.3) is 0 Å². The van der Waals surface area contributed by atoms with Crippen LogP contribution < -0.4 is 5.73 Å². The summed E-state index contributed by atoms with van der Waals surface area (Å²) in [5.41, 5.74) is 8.76. The van der Waals surface area contributed by atoms with Crippen molar-refractivity contribution in [3.8, 4) is 0 Å². The number of hydrogen-bond donors (Lipinski definition) is 2. The van der Waals surface area contributed by atoms with Crippen LogP contribution in [0.5, 0.6) is 0 Å². The molecular weight excluding hydrogens is 236 g/mol. The lowest BCUT2D eigenvalue weighted by atomic mass is 9.71. The first-order chi connectivity index (χ1) is 9.02. The Kier molecular flexibility index (Phi) is 4.63. The summed E-state index contributed by atoms with van der Waals surface area (Å²) < 4.78 is 0. The van der Waals surface area contributed by atoms with Gasteiger partial charge in [-0.1, -0.05) is 13.8 Å². The van der Waals surface area contributed by atoms with Crippen molar-refractivity contribution in [1.82, 2.24) is 15.1 Å². The Morgan fingerprint density at radius 1 is 1.42 bits per heavy atom. The molecular formula is C15H28N4. The minimum Gasteiger partial charge on any atom is -0.329 e. The first kappa shape index (κ1) is 14.5. The standard InChI is InChI=1S/C15H28N4/c1-15(2)6-4-12(5-7-15)13-10-17-18-14(13)11-19(3)9-8-16/h10,12H,4-9,11,16H2,1-3H3,(H,17,18). The van der Waals surface area contributed by atoms with E-state index >= 15 is 0 Å². The summed E-state index contributed by atoms with van der Waals surface area (Å²) in [5.74, 6) is 0.688. The van der Waals surface area contributed by atoms with Crippen LogP contribution in [0.4, 0.5) is 0 Å². The Balaban J connectivity index is 2.00. The second-order valence-corrected chi connectivity index (χ2v) is 6.75. The van der Waals surface area contributed by atoms with Crippen LogP contribution in [0, 0.1) is 5.41 Å². The molecule has 0 saturated heterocycles. The summed E-state index contributed by atoms with van der Waals surface area (Å²) in [4.78, 5) is 2.24. The third-order valence-corrected chi connectivity index (χ3v) is 4.46. The Bertz CT molecular complexity index is 387. The summed E-state index contributed by atoms with van der Waals surface area (Å²) in [6.45, 7) is 7.29. The Hall–Kier alpha value is -0.870. The first-order valence-corrected chi connectivity index (χ1v) is 7.43. The van der Waals surface area contributed by atoms with Gasteiger partial charge in [0.15, 0.2) is 0 Å². The number of rotatable bonds is 5. The minimum atomic E-state index is 0.525. The average Bonchev–Trinajstić information content (AvgIpc) is 2.77. The zero-order chi connectivity index (χ0) is 13.9. The monoisotopic (exact) mass is 264 g/mol. The van der Waals surface area contributed by atoms with Crippen LogP contribution in [-0.4, -0.2) is 35.2 Å². The van der Waals surface area contributed by atoms with Crippen LogP contribution in [0.1, 0.15) is 56.7 Å². The van der Waals surface area contributed by atoms with Crippen molar-refractivity contribution in [3.05, 3.63) is 17.5 Å². The molecule has 1 saturated carbocycles. The molecule has 0 atom stereocenters. The number of H-pyrrole nitrogens is 1. The number of nitrogens with zero attached hydrogens (tertiary/aromatic N) is 2. The van der Waals surface area contributed by atoms with E-state index in [1.165, 1.54) is 36.9 Å². The molecule has 19 heavy (non-hydrogen) atoms. The maximum absolute atomic E-state index is 5.60. The van der Waals surface area contributed by atoms with E-state index in [0.717, 1.165) is 13.1 Å². The van der Waals surface area contributed by atoms with E-state index in [1.54, 1.807) is 0 Å². The van der Waals surface area contributed by atoms with Crippen molar-refractivity contribution >= 4 is 0 Å². The Morgan fingerprint density at radius 2 is 2.11 bits per heavy atom. The molecule has 4 heteroatoms. The van der Waals surface area contributed by atoms with Crippen LogP contribution in [0.3, 0.4) is 0 Å². The molecule has 0 aliphatic heterocycles. The van der Waals surface area contributed by atoms with Crippen molar-refractivity contribution in [2.24, 2.45) is 11.1 Å². The van der Waals surface area contributed by atoms with Gasteiger partial charge in [-0.25, -0.2) is 0 Å². The van der Waals surface area contributed by atoms with Gasteiger partial charge in [-0.05, 0) is 49.6 Å². The highest BCUT2D eigenvalue weighted by Gasteiger charge is 2.29. The molecule has 0 aromatic carbocycles.